The van der Waals surface area contributed by atoms with Crippen molar-refractivity contribution in [1.29, 1.82) is 0 Å². The van der Waals surface area contributed by atoms with Crippen molar-refractivity contribution >= 4 is 11.7 Å². The van der Waals surface area contributed by atoms with E-state index in [4.69, 9.17) is 9.15 Å². The number of furan rings is 1. The van der Waals surface area contributed by atoms with E-state index in [1.807, 2.05) is 0 Å². The van der Waals surface area contributed by atoms with Gasteiger partial charge in [-0.3, -0.25) is 10.1 Å². The Bertz CT molecular complexity index is 689. The number of nitro groups is 1. The molecule has 0 bridgehead atoms. The molecule has 6 heteroatoms. The van der Waals surface area contributed by atoms with Gasteiger partial charge in [-0.25, -0.2) is 4.79 Å². The minimum atomic E-state index is -0.591. The van der Waals surface area contributed by atoms with Crippen LogP contribution in [0.4, 0.5) is 5.69 Å². The van der Waals surface area contributed by atoms with Crippen molar-refractivity contribution in [2.75, 3.05) is 0 Å². The van der Waals surface area contributed by atoms with Crippen LogP contribution < -0.4 is 0 Å². The number of rotatable bonds is 4. The molecule has 2 rings (SSSR count). The third-order valence-corrected chi connectivity index (χ3v) is 3.10. The topological polar surface area (TPSA) is 82.6 Å². The minimum Gasteiger partial charge on any atom is -0.466 e. The summed E-state index contributed by atoms with van der Waals surface area (Å²) >= 11 is 0. The van der Waals surface area contributed by atoms with E-state index in [2.05, 4.69) is 0 Å². The molecule has 0 saturated heterocycles. The average Bonchev–Trinajstić information content (AvgIpc) is 2.77. The SMILES string of the molecule is Cc1cc(C(=O)OC(C)c2cccc([N+](=O)[O-])c2)c(C)o1. The maximum atomic E-state index is 12.1. The van der Waals surface area contributed by atoms with Gasteiger partial charge in [0.25, 0.3) is 5.69 Å². The first kappa shape index (κ1) is 14.8. The molecule has 110 valence electrons. The largest absolute Gasteiger partial charge is 0.466 e. The molecule has 0 fully saturated rings. The lowest BCUT2D eigenvalue weighted by molar-refractivity contribution is -0.385. The number of carbonyl (C=O) groups is 1. The number of ether oxygens (including phenoxy) is 1. The first-order chi connectivity index (χ1) is 9.88. The van der Waals surface area contributed by atoms with Crippen molar-refractivity contribution in [3.63, 3.8) is 0 Å². The quantitative estimate of drug-likeness (QED) is 0.486. The Balaban J connectivity index is 2.16. The average molecular weight is 289 g/mol. The molecule has 6 nitrogen and oxygen atoms in total. The van der Waals surface area contributed by atoms with Crippen molar-refractivity contribution < 1.29 is 18.9 Å². The van der Waals surface area contributed by atoms with Gasteiger partial charge in [-0.05, 0) is 32.4 Å². The third-order valence-electron chi connectivity index (χ3n) is 3.10. The Labute approximate surface area is 121 Å². The van der Waals surface area contributed by atoms with Crippen LogP contribution in [0.2, 0.25) is 0 Å². The van der Waals surface area contributed by atoms with Gasteiger partial charge in [0.15, 0.2) is 0 Å². The molecule has 0 saturated carbocycles. The summed E-state index contributed by atoms with van der Waals surface area (Å²) < 4.78 is 10.6. The van der Waals surface area contributed by atoms with Gasteiger partial charge in [0.05, 0.1) is 4.92 Å². The number of nitro benzene ring substituents is 1. The second-order valence-corrected chi connectivity index (χ2v) is 4.73. The van der Waals surface area contributed by atoms with Crippen molar-refractivity contribution in [3.05, 3.63) is 63.1 Å². The lowest BCUT2D eigenvalue weighted by Crippen LogP contribution is -2.09. The molecule has 21 heavy (non-hydrogen) atoms. The van der Waals surface area contributed by atoms with E-state index in [9.17, 15) is 14.9 Å². The van der Waals surface area contributed by atoms with Gasteiger partial charge < -0.3 is 9.15 Å². The highest BCUT2D eigenvalue weighted by molar-refractivity contribution is 5.90. The number of benzene rings is 1. The summed E-state index contributed by atoms with van der Waals surface area (Å²) in [6, 6.07) is 7.63. The molecule has 1 aromatic carbocycles. The minimum absolute atomic E-state index is 0.0364. The van der Waals surface area contributed by atoms with Crippen LogP contribution in [-0.2, 0) is 4.74 Å². The van der Waals surface area contributed by atoms with Crippen molar-refractivity contribution in [1.82, 2.24) is 0 Å². The smallest absolute Gasteiger partial charge is 0.342 e. The molecule has 0 radical (unpaired) electrons. The molecule has 1 unspecified atom stereocenters. The zero-order chi connectivity index (χ0) is 15.6. The molecule has 1 atom stereocenters. The zero-order valence-corrected chi connectivity index (χ0v) is 12.0. The van der Waals surface area contributed by atoms with Crippen LogP contribution in [0.5, 0.6) is 0 Å². The number of hydrogen-bond donors (Lipinski definition) is 0. The summed E-state index contributed by atoms with van der Waals surface area (Å²) in [6.07, 6.45) is -0.591. The summed E-state index contributed by atoms with van der Waals surface area (Å²) in [7, 11) is 0. The van der Waals surface area contributed by atoms with E-state index in [0.29, 0.717) is 22.6 Å². The molecule has 1 heterocycles. The van der Waals surface area contributed by atoms with Gasteiger partial charge in [0.1, 0.15) is 23.2 Å². The monoisotopic (exact) mass is 289 g/mol. The van der Waals surface area contributed by atoms with Gasteiger partial charge in [0.2, 0.25) is 0 Å². The Morgan fingerprint density at radius 3 is 2.62 bits per heavy atom. The third kappa shape index (κ3) is 3.28. The Morgan fingerprint density at radius 1 is 1.33 bits per heavy atom. The molecular formula is C15H15NO5. The lowest BCUT2D eigenvalue weighted by atomic mass is 10.1. The number of aryl methyl sites for hydroxylation is 2. The molecular weight excluding hydrogens is 274 g/mol. The maximum absolute atomic E-state index is 12.1. The Morgan fingerprint density at radius 2 is 2.05 bits per heavy atom. The molecule has 0 aliphatic heterocycles. The summed E-state index contributed by atoms with van der Waals surface area (Å²) in [6.45, 7) is 5.09. The molecule has 1 aromatic heterocycles. The highest BCUT2D eigenvalue weighted by atomic mass is 16.6. The van der Waals surface area contributed by atoms with Crippen LogP contribution in [0.15, 0.2) is 34.7 Å². The highest BCUT2D eigenvalue weighted by Crippen LogP contribution is 2.24. The van der Waals surface area contributed by atoms with Crippen molar-refractivity contribution in [3.8, 4) is 0 Å². The number of esters is 1. The second-order valence-electron chi connectivity index (χ2n) is 4.73. The summed E-state index contributed by atoms with van der Waals surface area (Å²) in [5.41, 5.74) is 0.894. The highest BCUT2D eigenvalue weighted by Gasteiger charge is 2.19. The van der Waals surface area contributed by atoms with E-state index in [0.717, 1.165) is 0 Å². The van der Waals surface area contributed by atoms with E-state index >= 15 is 0 Å². The predicted molar refractivity (Wildman–Crippen MR) is 75.1 cm³/mol. The van der Waals surface area contributed by atoms with E-state index in [1.54, 1.807) is 39.0 Å². The van der Waals surface area contributed by atoms with E-state index < -0.39 is 17.0 Å². The summed E-state index contributed by atoms with van der Waals surface area (Å²) in [5.74, 6) is 0.606. The van der Waals surface area contributed by atoms with Gasteiger partial charge in [-0.2, -0.15) is 0 Å². The van der Waals surface area contributed by atoms with Crippen LogP contribution >= 0.6 is 0 Å². The lowest BCUT2D eigenvalue weighted by Gasteiger charge is -2.13. The molecule has 0 spiro atoms. The zero-order valence-electron chi connectivity index (χ0n) is 12.0. The Kier molecular flexibility index (Phi) is 4.07. The van der Waals surface area contributed by atoms with Crippen LogP contribution in [0.1, 0.15) is 40.5 Å². The van der Waals surface area contributed by atoms with E-state index in [-0.39, 0.29) is 5.69 Å². The molecule has 0 N–H and O–H groups in total. The molecule has 0 aliphatic carbocycles. The number of non-ortho nitro benzene ring substituents is 1. The molecule has 0 aliphatic rings. The van der Waals surface area contributed by atoms with Crippen LogP contribution in [-0.4, -0.2) is 10.9 Å². The predicted octanol–water partition coefficient (Wildman–Crippen LogP) is 3.72. The van der Waals surface area contributed by atoms with Crippen molar-refractivity contribution in [2.45, 2.75) is 26.9 Å². The van der Waals surface area contributed by atoms with Crippen molar-refractivity contribution in [2.24, 2.45) is 0 Å². The molecule has 2 aromatic rings. The normalized spacial score (nSPS) is 12.0. The van der Waals surface area contributed by atoms with Gasteiger partial charge in [0, 0.05) is 12.1 Å². The van der Waals surface area contributed by atoms with Gasteiger partial charge in [-0.15, -0.1) is 0 Å². The number of nitrogens with zero attached hydrogens (tertiary/aromatic N) is 1. The summed E-state index contributed by atoms with van der Waals surface area (Å²) in [4.78, 5) is 22.3. The van der Waals surface area contributed by atoms with Crippen LogP contribution in [0, 0.1) is 24.0 Å². The van der Waals surface area contributed by atoms with E-state index in [1.165, 1.54) is 12.1 Å². The van der Waals surface area contributed by atoms with Crippen LogP contribution in [0.3, 0.4) is 0 Å². The summed E-state index contributed by atoms with van der Waals surface area (Å²) in [5, 5.41) is 10.8. The van der Waals surface area contributed by atoms with Crippen LogP contribution in [0.25, 0.3) is 0 Å². The molecule has 0 amide bonds. The maximum Gasteiger partial charge on any atom is 0.342 e. The fourth-order valence-corrected chi connectivity index (χ4v) is 2.02. The van der Waals surface area contributed by atoms with Gasteiger partial charge >= 0.3 is 5.97 Å². The number of hydrogen-bond acceptors (Lipinski definition) is 5. The standard InChI is InChI=1S/C15H15NO5/c1-9-7-14(11(3)20-9)15(17)21-10(2)12-5-4-6-13(8-12)16(18)19/h4-8,10H,1-3H3. The first-order valence-electron chi connectivity index (χ1n) is 6.41. The number of carbonyl (C=O) groups excluding carboxylic acids is 1. The Hall–Kier alpha value is -2.63. The fraction of sp³-hybridized carbons (Fsp3) is 0.267. The van der Waals surface area contributed by atoms with Gasteiger partial charge in [-0.1, -0.05) is 12.1 Å². The fourth-order valence-electron chi connectivity index (χ4n) is 2.02. The first-order valence-corrected chi connectivity index (χ1v) is 6.41. The second kappa shape index (κ2) is 5.78.